The molecule has 0 radical (unpaired) electrons. The number of amides is 1. The SMILES string of the molecule is CCn1cc(C(=O)N[C@@H](C)COC)c(=O)c2ccccc21. The summed E-state index contributed by atoms with van der Waals surface area (Å²) in [5.41, 5.74) is 0.766. The number of aromatic nitrogens is 1. The maximum Gasteiger partial charge on any atom is 0.257 e. The maximum atomic E-state index is 12.5. The molecule has 2 aromatic rings. The normalized spacial score (nSPS) is 12.3. The highest BCUT2D eigenvalue weighted by Gasteiger charge is 2.16. The highest BCUT2D eigenvalue weighted by molar-refractivity contribution is 5.97. The smallest absolute Gasteiger partial charge is 0.257 e. The average Bonchev–Trinajstić information content (AvgIpc) is 2.48. The van der Waals surface area contributed by atoms with E-state index in [1.807, 2.05) is 30.5 Å². The highest BCUT2D eigenvalue weighted by atomic mass is 16.5. The topological polar surface area (TPSA) is 60.3 Å². The van der Waals surface area contributed by atoms with Gasteiger partial charge in [-0.25, -0.2) is 0 Å². The number of nitrogens with zero attached hydrogens (tertiary/aromatic N) is 1. The number of nitrogens with one attached hydrogen (secondary N) is 1. The maximum absolute atomic E-state index is 12.5. The third-order valence-electron chi connectivity index (χ3n) is 3.37. The minimum Gasteiger partial charge on any atom is -0.383 e. The van der Waals surface area contributed by atoms with Crippen molar-refractivity contribution in [3.05, 3.63) is 46.2 Å². The third-order valence-corrected chi connectivity index (χ3v) is 3.37. The number of para-hydroxylation sites is 1. The van der Waals surface area contributed by atoms with Crippen molar-refractivity contribution in [2.45, 2.75) is 26.4 Å². The van der Waals surface area contributed by atoms with Gasteiger partial charge in [-0.15, -0.1) is 0 Å². The number of fused-ring (bicyclic) bond motifs is 1. The van der Waals surface area contributed by atoms with Gasteiger partial charge in [0.25, 0.3) is 5.91 Å². The zero-order valence-electron chi connectivity index (χ0n) is 12.6. The van der Waals surface area contributed by atoms with E-state index >= 15 is 0 Å². The fourth-order valence-corrected chi connectivity index (χ4v) is 2.36. The molecule has 0 saturated heterocycles. The first kappa shape index (κ1) is 15.3. The lowest BCUT2D eigenvalue weighted by atomic mass is 10.1. The van der Waals surface area contributed by atoms with Gasteiger partial charge in [0.15, 0.2) is 0 Å². The minimum atomic E-state index is -0.363. The van der Waals surface area contributed by atoms with E-state index in [4.69, 9.17) is 4.74 Å². The number of benzene rings is 1. The Labute approximate surface area is 123 Å². The van der Waals surface area contributed by atoms with Crippen molar-refractivity contribution < 1.29 is 9.53 Å². The summed E-state index contributed by atoms with van der Waals surface area (Å²) < 4.78 is 6.90. The molecule has 1 heterocycles. The Kier molecular flexibility index (Phi) is 4.75. The van der Waals surface area contributed by atoms with Crippen LogP contribution in [0, 0.1) is 0 Å². The molecule has 1 N–H and O–H groups in total. The van der Waals surface area contributed by atoms with Crippen LogP contribution in [0.2, 0.25) is 0 Å². The Morgan fingerprint density at radius 1 is 1.38 bits per heavy atom. The molecule has 21 heavy (non-hydrogen) atoms. The molecule has 0 bridgehead atoms. The number of aryl methyl sites for hydroxylation is 1. The summed E-state index contributed by atoms with van der Waals surface area (Å²) in [6.45, 7) is 4.91. The fraction of sp³-hybridized carbons (Fsp3) is 0.375. The van der Waals surface area contributed by atoms with Crippen LogP contribution in [0.5, 0.6) is 0 Å². The molecule has 1 aromatic heterocycles. The number of pyridine rings is 1. The van der Waals surface area contributed by atoms with E-state index in [9.17, 15) is 9.59 Å². The van der Waals surface area contributed by atoms with Crippen LogP contribution < -0.4 is 10.7 Å². The van der Waals surface area contributed by atoms with Gasteiger partial charge in [0, 0.05) is 31.3 Å². The molecule has 1 atom stereocenters. The molecule has 0 aliphatic carbocycles. The van der Waals surface area contributed by atoms with Crippen LogP contribution in [-0.2, 0) is 11.3 Å². The van der Waals surface area contributed by atoms with Crippen molar-refractivity contribution in [1.82, 2.24) is 9.88 Å². The van der Waals surface area contributed by atoms with Crippen LogP contribution >= 0.6 is 0 Å². The molecule has 2 rings (SSSR count). The van der Waals surface area contributed by atoms with Crippen LogP contribution in [0.3, 0.4) is 0 Å². The van der Waals surface area contributed by atoms with Gasteiger partial charge < -0.3 is 14.6 Å². The molecule has 0 aliphatic rings. The van der Waals surface area contributed by atoms with Gasteiger partial charge in [-0.05, 0) is 26.0 Å². The largest absolute Gasteiger partial charge is 0.383 e. The van der Waals surface area contributed by atoms with Gasteiger partial charge in [0.1, 0.15) is 5.56 Å². The summed E-state index contributed by atoms with van der Waals surface area (Å²) in [7, 11) is 1.57. The van der Waals surface area contributed by atoms with Crippen LogP contribution in [0.25, 0.3) is 10.9 Å². The predicted molar refractivity (Wildman–Crippen MR) is 82.7 cm³/mol. The molecule has 5 heteroatoms. The van der Waals surface area contributed by atoms with Gasteiger partial charge in [-0.2, -0.15) is 0 Å². The van der Waals surface area contributed by atoms with Gasteiger partial charge in [0.2, 0.25) is 5.43 Å². The van der Waals surface area contributed by atoms with E-state index < -0.39 is 0 Å². The number of hydrogen-bond donors (Lipinski definition) is 1. The van der Waals surface area contributed by atoms with Crippen molar-refractivity contribution in [3.63, 3.8) is 0 Å². The first-order valence-electron chi connectivity index (χ1n) is 7.00. The fourth-order valence-electron chi connectivity index (χ4n) is 2.36. The lowest BCUT2D eigenvalue weighted by Crippen LogP contribution is -2.38. The predicted octanol–water partition coefficient (Wildman–Crippen LogP) is 1.79. The van der Waals surface area contributed by atoms with Gasteiger partial charge in [-0.1, -0.05) is 12.1 Å². The summed E-state index contributed by atoms with van der Waals surface area (Å²) in [6.07, 6.45) is 1.62. The number of carbonyl (C=O) groups excluding carboxylic acids is 1. The second kappa shape index (κ2) is 6.54. The zero-order chi connectivity index (χ0) is 15.4. The van der Waals surface area contributed by atoms with E-state index in [2.05, 4.69) is 5.32 Å². The Hall–Kier alpha value is -2.14. The average molecular weight is 288 g/mol. The molecule has 0 fully saturated rings. The van der Waals surface area contributed by atoms with E-state index in [1.165, 1.54) is 0 Å². The van der Waals surface area contributed by atoms with Crippen molar-refractivity contribution in [3.8, 4) is 0 Å². The second-order valence-corrected chi connectivity index (χ2v) is 5.00. The van der Waals surface area contributed by atoms with Crippen molar-refractivity contribution in [2.24, 2.45) is 0 Å². The number of rotatable bonds is 5. The lowest BCUT2D eigenvalue weighted by molar-refractivity contribution is 0.0904. The van der Waals surface area contributed by atoms with Gasteiger partial charge in [-0.3, -0.25) is 9.59 Å². The minimum absolute atomic E-state index is 0.150. The number of hydrogen-bond acceptors (Lipinski definition) is 3. The van der Waals surface area contributed by atoms with Crippen LogP contribution in [0.1, 0.15) is 24.2 Å². The van der Waals surface area contributed by atoms with Crippen LogP contribution in [-0.4, -0.2) is 30.2 Å². The zero-order valence-corrected chi connectivity index (χ0v) is 12.6. The lowest BCUT2D eigenvalue weighted by Gasteiger charge is -2.14. The molecule has 1 aromatic carbocycles. The summed E-state index contributed by atoms with van der Waals surface area (Å²) in [6, 6.07) is 7.17. The number of carbonyl (C=O) groups is 1. The Balaban J connectivity index is 2.47. The first-order valence-corrected chi connectivity index (χ1v) is 7.00. The molecule has 1 amide bonds. The van der Waals surface area contributed by atoms with E-state index in [0.717, 1.165) is 5.52 Å². The molecule has 0 spiro atoms. The quantitative estimate of drug-likeness (QED) is 0.912. The van der Waals surface area contributed by atoms with Gasteiger partial charge in [0.05, 0.1) is 12.1 Å². The molecule has 5 nitrogen and oxygen atoms in total. The van der Waals surface area contributed by atoms with E-state index in [-0.39, 0.29) is 22.9 Å². The Bertz CT molecular complexity index is 706. The van der Waals surface area contributed by atoms with Crippen LogP contribution in [0.4, 0.5) is 0 Å². The molecule has 0 saturated carbocycles. The summed E-state index contributed by atoms with van der Waals surface area (Å²) >= 11 is 0. The molecule has 0 unspecified atom stereocenters. The van der Waals surface area contributed by atoms with Gasteiger partial charge >= 0.3 is 0 Å². The summed E-state index contributed by atoms with van der Waals surface area (Å²) in [5.74, 6) is -0.363. The molecular formula is C16H20N2O3. The highest BCUT2D eigenvalue weighted by Crippen LogP contribution is 2.11. The monoisotopic (exact) mass is 288 g/mol. The number of ether oxygens (including phenoxy) is 1. The first-order chi connectivity index (χ1) is 10.1. The van der Waals surface area contributed by atoms with Crippen molar-refractivity contribution in [2.75, 3.05) is 13.7 Å². The van der Waals surface area contributed by atoms with Crippen LogP contribution in [0.15, 0.2) is 35.3 Å². The number of methoxy groups -OCH3 is 1. The third kappa shape index (κ3) is 3.13. The summed E-state index contributed by atoms with van der Waals surface area (Å²) in [4.78, 5) is 24.8. The molecule has 0 aliphatic heterocycles. The van der Waals surface area contributed by atoms with Crippen molar-refractivity contribution >= 4 is 16.8 Å². The second-order valence-electron chi connectivity index (χ2n) is 5.00. The summed E-state index contributed by atoms with van der Waals surface area (Å²) in [5, 5.41) is 3.34. The Morgan fingerprint density at radius 2 is 2.10 bits per heavy atom. The molecule has 112 valence electrons. The Morgan fingerprint density at radius 3 is 2.76 bits per heavy atom. The van der Waals surface area contributed by atoms with E-state index in [1.54, 1.807) is 25.4 Å². The van der Waals surface area contributed by atoms with Crippen molar-refractivity contribution in [1.29, 1.82) is 0 Å². The molecular weight excluding hydrogens is 268 g/mol. The standard InChI is InChI=1S/C16H20N2O3/c1-4-18-9-13(16(20)17-11(2)10-21-3)15(19)12-7-5-6-8-14(12)18/h5-9,11H,4,10H2,1-3H3,(H,17,20)/t11-/m0/s1. The van der Waals surface area contributed by atoms with E-state index in [0.29, 0.717) is 18.5 Å².